The Morgan fingerprint density at radius 1 is 1.19 bits per heavy atom. The van der Waals surface area contributed by atoms with E-state index in [1.807, 2.05) is 40.0 Å². The van der Waals surface area contributed by atoms with Crippen molar-refractivity contribution in [1.82, 2.24) is 19.6 Å². The van der Waals surface area contributed by atoms with E-state index in [4.69, 9.17) is 9.47 Å². The number of cyclic esters (lactones) is 1. The molecule has 10 nitrogen and oxygen atoms in total. The van der Waals surface area contributed by atoms with E-state index < -0.39 is 30.1 Å². The number of aromatic nitrogens is 2. The second kappa shape index (κ2) is 14.3. The molecular weight excluding hydrogens is 543 g/mol. The third kappa shape index (κ3) is 7.96. The number of hydrogen-bond acceptors (Lipinski definition) is 8. The number of nitrogens with zero attached hydrogens (tertiary/aromatic N) is 4. The fourth-order valence-electron chi connectivity index (χ4n) is 5.49. The lowest BCUT2D eigenvalue weighted by molar-refractivity contribution is -0.151. The molecule has 0 saturated carbocycles. The van der Waals surface area contributed by atoms with Gasteiger partial charge in [-0.2, -0.15) is 5.10 Å². The maximum atomic E-state index is 14.9. The second-order valence-corrected chi connectivity index (χ2v) is 11.6. The zero-order valence-electron chi connectivity index (χ0n) is 24.9. The van der Waals surface area contributed by atoms with Crippen LogP contribution in [0.5, 0.6) is 0 Å². The van der Waals surface area contributed by atoms with Crippen LogP contribution in [0.1, 0.15) is 45.6 Å². The van der Waals surface area contributed by atoms with Crippen LogP contribution in [0.25, 0.3) is 17.0 Å². The molecule has 1 aromatic heterocycles. The molecule has 11 heteroatoms. The normalized spacial score (nSPS) is 27.7. The molecule has 0 aliphatic carbocycles. The number of likely N-dealkylation sites (N-methyl/N-ethyl adjacent to an activating group) is 1. The molecule has 1 aromatic carbocycles. The van der Waals surface area contributed by atoms with Gasteiger partial charge in [-0.15, -0.1) is 0 Å². The minimum absolute atomic E-state index is 0.0801. The first-order valence-corrected chi connectivity index (χ1v) is 14.7. The zero-order chi connectivity index (χ0) is 30.4. The number of halogens is 1. The van der Waals surface area contributed by atoms with Gasteiger partial charge >= 0.3 is 12.1 Å². The van der Waals surface area contributed by atoms with E-state index in [2.05, 4.69) is 10.00 Å². The summed E-state index contributed by atoms with van der Waals surface area (Å²) in [6.07, 6.45) is 5.25. The standard InChI is InChI=1S/C31H43FN4O6/c1-20-5-7-24(38)18-29(39)42-30(21(2)6-8-28(20)41-31(40)35-11-9-34(4)10-12-35)22(3)15-23-16-26(32)25-19-33-36(13-14-37)27(25)17-23/h6,8,15-17,19-21,24,28,30,37-38H,5,7,9-14,18H2,1-4H3/b8-6+,22-15+/t20-,21-,24+,28+,30-/m0/s1. The molecule has 230 valence electrons. The summed E-state index contributed by atoms with van der Waals surface area (Å²) in [6, 6.07) is 3.18. The van der Waals surface area contributed by atoms with E-state index in [1.54, 1.807) is 21.7 Å². The van der Waals surface area contributed by atoms with Crippen LogP contribution in [0.3, 0.4) is 0 Å². The smallest absolute Gasteiger partial charge is 0.410 e. The maximum Gasteiger partial charge on any atom is 0.410 e. The number of esters is 1. The molecule has 5 atom stereocenters. The first kappa shape index (κ1) is 31.7. The van der Waals surface area contributed by atoms with E-state index in [0.29, 0.717) is 48.0 Å². The highest BCUT2D eigenvalue weighted by Gasteiger charge is 2.29. The Morgan fingerprint density at radius 2 is 1.93 bits per heavy atom. The molecule has 0 radical (unpaired) electrons. The summed E-state index contributed by atoms with van der Waals surface area (Å²) in [7, 11) is 2.02. The van der Waals surface area contributed by atoms with E-state index >= 15 is 0 Å². The molecule has 2 aliphatic rings. The zero-order valence-corrected chi connectivity index (χ0v) is 24.9. The number of hydrogen-bond donors (Lipinski definition) is 2. The SMILES string of the molecule is C/C(=C\c1cc(F)c2cnn(CCO)c2c1)[C@H]1OC(=O)C[C@H](O)CC[C@H](C)[C@H](OC(=O)N2CCN(C)CC2)/C=C/[C@@H]1C. The van der Waals surface area contributed by atoms with Crippen molar-refractivity contribution in [3.8, 4) is 0 Å². The number of aliphatic hydroxyl groups is 2. The summed E-state index contributed by atoms with van der Waals surface area (Å²) in [5, 5.41) is 24.4. The molecule has 2 N–H and O–H groups in total. The molecule has 0 spiro atoms. The third-order valence-electron chi connectivity index (χ3n) is 8.15. The first-order chi connectivity index (χ1) is 20.0. The average molecular weight is 587 g/mol. The number of fused-ring (bicyclic) bond motifs is 1. The molecule has 2 aliphatic heterocycles. The number of carbonyl (C=O) groups excluding carboxylic acids is 2. The molecule has 0 bridgehead atoms. The number of aliphatic hydroxyl groups excluding tert-OH is 2. The fraction of sp³-hybridized carbons (Fsp3) is 0.581. The number of carbonyl (C=O) groups is 2. The van der Waals surface area contributed by atoms with E-state index in [-0.39, 0.29) is 37.5 Å². The van der Waals surface area contributed by atoms with Gasteiger partial charge in [0.2, 0.25) is 0 Å². The number of piperazine rings is 1. The Balaban J connectivity index is 1.60. The van der Waals surface area contributed by atoms with Crippen LogP contribution in [0.15, 0.2) is 36.1 Å². The minimum Gasteiger partial charge on any atom is -0.457 e. The maximum absolute atomic E-state index is 14.9. The monoisotopic (exact) mass is 586 g/mol. The van der Waals surface area contributed by atoms with Gasteiger partial charge in [-0.3, -0.25) is 9.48 Å². The average Bonchev–Trinajstić information content (AvgIpc) is 3.35. The molecule has 1 amide bonds. The van der Waals surface area contributed by atoms with Crippen molar-refractivity contribution < 1.29 is 33.7 Å². The van der Waals surface area contributed by atoms with Crippen molar-refractivity contribution in [2.75, 3.05) is 39.8 Å². The summed E-state index contributed by atoms with van der Waals surface area (Å²) < 4.78 is 28.3. The molecular formula is C31H43FN4O6. The van der Waals surface area contributed by atoms with Gasteiger partial charge in [0, 0.05) is 32.1 Å². The lowest BCUT2D eigenvalue weighted by atomic mass is 9.91. The summed E-state index contributed by atoms with van der Waals surface area (Å²) in [5.41, 5.74) is 1.79. The third-order valence-corrected chi connectivity index (χ3v) is 8.15. The Kier molecular flexibility index (Phi) is 10.7. The quantitative estimate of drug-likeness (QED) is 0.403. The Labute approximate surface area is 246 Å². The van der Waals surface area contributed by atoms with E-state index in [9.17, 15) is 24.2 Å². The van der Waals surface area contributed by atoms with Gasteiger partial charge in [0.05, 0.1) is 42.8 Å². The predicted octanol–water partition coefficient (Wildman–Crippen LogP) is 3.61. The van der Waals surface area contributed by atoms with Gasteiger partial charge < -0.3 is 29.5 Å². The molecule has 0 unspecified atom stereocenters. The van der Waals surface area contributed by atoms with Gasteiger partial charge in [0.1, 0.15) is 18.0 Å². The summed E-state index contributed by atoms with van der Waals surface area (Å²) in [5.74, 6) is -1.35. The Bertz CT molecular complexity index is 1300. The van der Waals surface area contributed by atoms with Crippen LogP contribution in [0, 0.1) is 17.7 Å². The molecule has 42 heavy (non-hydrogen) atoms. The highest BCUT2D eigenvalue weighted by molar-refractivity contribution is 5.82. The predicted molar refractivity (Wildman–Crippen MR) is 157 cm³/mol. The fourth-order valence-corrected chi connectivity index (χ4v) is 5.49. The van der Waals surface area contributed by atoms with Gasteiger partial charge in [-0.05, 0) is 62.1 Å². The number of benzene rings is 1. The van der Waals surface area contributed by atoms with E-state index in [0.717, 1.165) is 13.1 Å². The molecule has 1 saturated heterocycles. The summed E-state index contributed by atoms with van der Waals surface area (Å²) in [6.45, 7) is 8.57. The first-order valence-electron chi connectivity index (χ1n) is 14.7. The highest BCUT2D eigenvalue weighted by atomic mass is 19.1. The van der Waals surface area contributed by atoms with Crippen molar-refractivity contribution in [2.24, 2.45) is 11.8 Å². The van der Waals surface area contributed by atoms with Gasteiger partial charge in [-0.25, -0.2) is 9.18 Å². The molecule has 4 rings (SSSR count). The van der Waals surface area contributed by atoms with Gasteiger partial charge in [-0.1, -0.05) is 26.0 Å². The topological polar surface area (TPSA) is 117 Å². The van der Waals surface area contributed by atoms with Crippen LogP contribution < -0.4 is 0 Å². The lowest BCUT2D eigenvalue weighted by Gasteiger charge is -2.33. The number of rotatable bonds is 5. The molecule has 1 fully saturated rings. The van der Waals surface area contributed by atoms with Crippen molar-refractivity contribution in [3.05, 3.63) is 47.4 Å². The largest absolute Gasteiger partial charge is 0.457 e. The molecule has 2 aromatic rings. The van der Waals surface area contributed by atoms with Crippen LogP contribution in [-0.4, -0.2) is 100 Å². The van der Waals surface area contributed by atoms with Gasteiger partial charge in [0.15, 0.2) is 0 Å². The van der Waals surface area contributed by atoms with Crippen LogP contribution in [-0.2, 0) is 20.8 Å². The van der Waals surface area contributed by atoms with Crippen LogP contribution in [0.2, 0.25) is 0 Å². The minimum atomic E-state index is -0.888. The highest BCUT2D eigenvalue weighted by Crippen LogP contribution is 2.27. The lowest BCUT2D eigenvalue weighted by Crippen LogP contribution is -2.48. The summed E-state index contributed by atoms with van der Waals surface area (Å²) >= 11 is 0. The Morgan fingerprint density at radius 3 is 2.64 bits per heavy atom. The number of amides is 1. The van der Waals surface area contributed by atoms with Crippen molar-refractivity contribution in [3.63, 3.8) is 0 Å². The van der Waals surface area contributed by atoms with E-state index in [1.165, 1.54) is 12.3 Å². The molecule has 3 heterocycles. The van der Waals surface area contributed by atoms with Crippen molar-refractivity contribution >= 4 is 29.0 Å². The van der Waals surface area contributed by atoms with Gasteiger partial charge in [0.25, 0.3) is 0 Å². The second-order valence-electron chi connectivity index (χ2n) is 11.6. The Hall–Kier alpha value is -3.28. The number of ether oxygens (including phenoxy) is 2. The van der Waals surface area contributed by atoms with Crippen LogP contribution >= 0.6 is 0 Å². The van der Waals surface area contributed by atoms with Crippen LogP contribution in [0.4, 0.5) is 9.18 Å². The van der Waals surface area contributed by atoms with Crippen molar-refractivity contribution in [2.45, 2.75) is 64.9 Å². The summed E-state index contributed by atoms with van der Waals surface area (Å²) in [4.78, 5) is 29.7. The van der Waals surface area contributed by atoms with Crippen molar-refractivity contribution in [1.29, 1.82) is 0 Å².